The van der Waals surface area contributed by atoms with E-state index in [4.69, 9.17) is 9.47 Å². The summed E-state index contributed by atoms with van der Waals surface area (Å²) in [4.78, 5) is 11.0. The van der Waals surface area contributed by atoms with Gasteiger partial charge < -0.3 is 24.3 Å². The molecular formula is C18H31N5O2. The number of aromatic nitrogens is 2. The van der Waals surface area contributed by atoms with Crippen molar-refractivity contribution in [1.82, 2.24) is 19.8 Å². The summed E-state index contributed by atoms with van der Waals surface area (Å²) in [5.41, 5.74) is 0. The van der Waals surface area contributed by atoms with Crippen LogP contribution in [0, 0.1) is 5.92 Å². The molecule has 0 radical (unpaired) electrons. The van der Waals surface area contributed by atoms with Crippen LogP contribution in [0.2, 0.25) is 0 Å². The highest BCUT2D eigenvalue weighted by atomic mass is 16.5. The minimum Gasteiger partial charge on any atom is -0.377 e. The highest BCUT2D eigenvalue weighted by Crippen LogP contribution is 2.27. The Hall–Kier alpha value is -1.60. The molecule has 7 heteroatoms. The van der Waals surface area contributed by atoms with Crippen molar-refractivity contribution >= 4 is 5.96 Å². The summed E-state index contributed by atoms with van der Waals surface area (Å²) in [6.07, 6.45) is 9.54. The number of likely N-dealkylation sites (tertiary alicyclic amines) is 1. The lowest BCUT2D eigenvalue weighted by atomic mass is 9.93. The lowest BCUT2D eigenvalue weighted by Crippen LogP contribution is -2.49. The van der Waals surface area contributed by atoms with E-state index in [9.17, 15) is 0 Å². The van der Waals surface area contributed by atoms with E-state index in [1.165, 1.54) is 0 Å². The van der Waals surface area contributed by atoms with Gasteiger partial charge in [0.15, 0.2) is 5.96 Å². The number of hydrogen-bond acceptors (Lipinski definition) is 4. The molecule has 0 amide bonds. The molecule has 2 aliphatic rings. The molecule has 3 heterocycles. The van der Waals surface area contributed by atoms with Crippen LogP contribution in [-0.2, 0) is 9.47 Å². The number of aliphatic imine (C=N–C) groups is 1. The molecular weight excluding hydrogens is 318 g/mol. The zero-order valence-corrected chi connectivity index (χ0v) is 15.4. The first-order valence-corrected chi connectivity index (χ1v) is 9.40. The maximum absolute atomic E-state index is 5.72. The minimum atomic E-state index is 0.291. The summed E-state index contributed by atoms with van der Waals surface area (Å²) in [6.45, 7) is 7.32. The Kier molecular flexibility index (Phi) is 6.69. The molecule has 1 aromatic heterocycles. The highest BCUT2D eigenvalue weighted by molar-refractivity contribution is 5.80. The first kappa shape index (κ1) is 18.2. The second-order valence-corrected chi connectivity index (χ2v) is 6.97. The SMILES string of the molecule is CN=C(NCCOCC1CCCO1)N1CCC(C)C(n2ccnc2)C1. The standard InChI is InChI=1S/C18H31N5O2/c1-15-5-8-22(12-17(15)23-9-6-20-14-23)18(19-2)21-7-11-24-13-16-4-3-10-25-16/h6,9,14-17H,3-5,7-8,10-13H2,1-2H3,(H,19,21). The molecule has 25 heavy (non-hydrogen) atoms. The third-order valence-electron chi connectivity index (χ3n) is 5.20. The van der Waals surface area contributed by atoms with Crippen LogP contribution in [0.4, 0.5) is 0 Å². The molecule has 2 fully saturated rings. The third kappa shape index (κ3) is 4.95. The monoisotopic (exact) mass is 349 g/mol. The number of nitrogens with one attached hydrogen (secondary N) is 1. The fourth-order valence-electron chi connectivity index (χ4n) is 3.65. The van der Waals surface area contributed by atoms with Crippen LogP contribution < -0.4 is 5.32 Å². The van der Waals surface area contributed by atoms with Gasteiger partial charge in [0.1, 0.15) is 0 Å². The molecule has 0 aliphatic carbocycles. The molecule has 0 bridgehead atoms. The number of piperidine rings is 1. The Bertz CT molecular complexity index is 528. The first-order chi connectivity index (χ1) is 12.3. The average Bonchev–Trinajstić information content (AvgIpc) is 3.32. The van der Waals surface area contributed by atoms with Crippen LogP contribution in [0.1, 0.15) is 32.2 Å². The normalized spacial score (nSPS) is 27.7. The van der Waals surface area contributed by atoms with Crippen LogP contribution in [0.5, 0.6) is 0 Å². The Morgan fingerprint density at radius 2 is 2.36 bits per heavy atom. The number of guanidine groups is 1. The summed E-state index contributed by atoms with van der Waals surface area (Å²) in [5.74, 6) is 1.59. The molecule has 0 aromatic carbocycles. The van der Waals surface area contributed by atoms with Crippen LogP contribution in [-0.4, -0.2) is 73.0 Å². The zero-order valence-electron chi connectivity index (χ0n) is 15.4. The molecule has 3 unspecified atom stereocenters. The maximum Gasteiger partial charge on any atom is 0.193 e. The molecule has 1 aromatic rings. The summed E-state index contributed by atoms with van der Waals surface area (Å²) in [6, 6.07) is 0.436. The van der Waals surface area contributed by atoms with E-state index in [0.717, 1.165) is 51.5 Å². The zero-order chi connectivity index (χ0) is 17.5. The Labute approximate surface area is 150 Å². The number of hydrogen-bond donors (Lipinski definition) is 1. The van der Waals surface area contributed by atoms with Crippen LogP contribution in [0.25, 0.3) is 0 Å². The quantitative estimate of drug-likeness (QED) is 0.479. The lowest BCUT2D eigenvalue weighted by Gasteiger charge is -2.39. The molecule has 2 aliphatic heterocycles. The van der Waals surface area contributed by atoms with Crippen molar-refractivity contribution in [1.29, 1.82) is 0 Å². The van der Waals surface area contributed by atoms with Crippen molar-refractivity contribution in [3.63, 3.8) is 0 Å². The van der Waals surface area contributed by atoms with Gasteiger partial charge in [0.05, 0.1) is 31.7 Å². The minimum absolute atomic E-state index is 0.291. The number of ether oxygens (including phenoxy) is 2. The number of rotatable bonds is 6. The molecule has 2 saturated heterocycles. The second-order valence-electron chi connectivity index (χ2n) is 6.97. The van der Waals surface area contributed by atoms with Crippen molar-refractivity contribution < 1.29 is 9.47 Å². The Balaban J connectivity index is 1.42. The molecule has 3 rings (SSSR count). The van der Waals surface area contributed by atoms with E-state index in [1.54, 1.807) is 0 Å². The van der Waals surface area contributed by atoms with E-state index in [1.807, 2.05) is 19.6 Å². The lowest BCUT2D eigenvalue weighted by molar-refractivity contribution is 0.0189. The molecule has 0 spiro atoms. The van der Waals surface area contributed by atoms with Gasteiger partial charge in [0.25, 0.3) is 0 Å². The third-order valence-corrected chi connectivity index (χ3v) is 5.20. The predicted octanol–water partition coefficient (Wildman–Crippen LogP) is 1.54. The van der Waals surface area contributed by atoms with E-state index < -0.39 is 0 Å². The van der Waals surface area contributed by atoms with Gasteiger partial charge >= 0.3 is 0 Å². The smallest absolute Gasteiger partial charge is 0.193 e. The highest BCUT2D eigenvalue weighted by Gasteiger charge is 2.28. The fraction of sp³-hybridized carbons (Fsp3) is 0.778. The van der Waals surface area contributed by atoms with Gasteiger partial charge in [-0.25, -0.2) is 4.98 Å². The van der Waals surface area contributed by atoms with Crippen LogP contribution in [0.3, 0.4) is 0 Å². The number of imidazole rings is 1. The average molecular weight is 349 g/mol. The largest absolute Gasteiger partial charge is 0.377 e. The van der Waals surface area contributed by atoms with E-state index in [0.29, 0.717) is 31.3 Å². The van der Waals surface area contributed by atoms with Crippen molar-refractivity contribution in [2.24, 2.45) is 10.9 Å². The van der Waals surface area contributed by atoms with Crippen molar-refractivity contribution in [3.05, 3.63) is 18.7 Å². The molecule has 1 N–H and O–H groups in total. The van der Waals surface area contributed by atoms with Crippen molar-refractivity contribution in [2.75, 3.05) is 46.5 Å². The van der Waals surface area contributed by atoms with Crippen LogP contribution >= 0.6 is 0 Å². The van der Waals surface area contributed by atoms with Gasteiger partial charge in [-0.1, -0.05) is 6.92 Å². The van der Waals surface area contributed by atoms with E-state index >= 15 is 0 Å². The van der Waals surface area contributed by atoms with Crippen LogP contribution in [0.15, 0.2) is 23.7 Å². The summed E-state index contributed by atoms with van der Waals surface area (Å²) < 4.78 is 13.5. The van der Waals surface area contributed by atoms with Crippen molar-refractivity contribution in [2.45, 2.75) is 38.3 Å². The molecule has 3 atom stereocenters. The summed E-state index contributed by atoms with van der Waals surface area (Å²) in [5, 5.41) is 3.43. The van der Waals surface area contributed by atoms with E-state index in [2.05, 4.69) is 37.9 Å². The van der Waals surface area contributed by atoms with Gasteiger partial charge in [-0.15, -0.1) is 0 Å². The van der Waals surface area contributed by atoms with Gasteiger partial charge in [0.2, 0.25) is 0 Å². The predicted molar refractivity (Wildman–Crippen MR) is 97.8 cm³/mol. The summed E-state index contributed by atoms with van der Waals surface area (Å²) in [7, 11) is 1.85. The Morgan fingerprint density at radius 1 is 1.44 bits per heavy atom. The summed E-state index contributed by atoms with van der Waals surface area (Å²) >= 11 is 0. The first-order valence-electron chi connectivity index (χ1n) is 9.40. The Morgan fingerprint density at radius 3 is 3.08 bits per heavy atom. The maximum atomic E-state index is 5.72. The van der Waals surface area contributed by atoms with Gasteiger partial charge in [-0.2, -0.15) is 0 Å². The second kappa shape index (κ2) is 9.20. The number of nitrogens with zero attached hydrogens (tertiary/aromatic N) is 4. The fourth-order valence-corrected chi connectivity index (χ4v) is 3.65. The molecule has 7 nitrogen and oxygen atoms in total. The van der Waals surface area contributed by atoms with Gasteiger partial charge in [-0.3, -0.25) is 4.99 Å². The molecule has 140 valence electrons. The van der Waals surface area contributed by atoms with E-state index in [-0.39, 0.29) is 0 Å². The van der Waals surface area contributed by atoms with Crippen molar-refractivity contribution in [3.8, 4) is 0 Å². The topological polar surface area (TPSA) is 63.9 Å². The van der Waals surface area contributed by atoms with Gasteiger partial charge in [0, 0.05) is 45.7 Å². The molecule has 0 saturated carbocycles. The van der Waals surface area contributed by atoms with Gasteiger partial charge in [-0.05, 0) is 25.2 Å².